The van der Waals surface area contributed by atoms with Crippen LogP contribution in [-0.4, -0.2) is 33.4 Å². The molecular weight excluding hydrogens is 255 g/mol. The molecule has 1 unspecified atom stereocenters. The number of hydrogen-bond donors (Lipinski definition) is 1. The fourth-order valence-corrected chi connectivity index (χ4v) is 2.21. The molecule has 0 aliphatic rings. The SMILES string of the molecule is CCCNC(C)c1cccc(F)c1N(C)CCOCC. The fraction of sp³-hybridized carbons (Fsp3) is 0.625. The maximum absolute atomic E-state index is 14.2. The Hall–Kier alpha value is -1.13. The van der Waals surface area contributed by atoms with E-state index in [0.29, 0.717) is 25.4 Å². The van der Waals surface area contributed by atoms with Crippen molar-refractivity contribution in [3.63, 3.8) is 0 Å². The predicted molar refractivity (Wildman–Crippen MR) is 82.9 cm³/mol. The van der Waals surface area contributed by atoms with Gasteiger partial charge in [-0.3, -0.25) is 0 Å². The molecule has 1 rings (SSSR count). The van der Waals surface area contributed by atoms with Crippen LogP contribution in [0.1, 0.15) is 38.8 Å². The average molecular weight is 282 g/mol. The summed E-state index contributed by atoms with van der Waals surface area (Å²) in [5.41, 5.74) is 1.67. The number of likely N-dealkylation sites (N-methyl/N-ethyl adjacent to an activating group) is 1. The highest BCUT2D eigenvalue weighted by Crippen LogP contribution is 2.28. The van der Waals surface area contributed by atoms with Crippen LogP contribution in [0.25, 0.3) is 0 Å². The van der Waals surface area contributed by atoms with Crippen LogP contribution in [0.3, 0.4) is 0 Å². The van der Waals surface area contributed by atoms with E-state index in [2.05, 4.69) is 19.2 Å². The van der Waals surface area contributed by atoms with Gasteiger partial charge in [0, 0.05) is 26.2 Å². The maximum Gasteiger partial charge on any atom is 0.146 e. The number of anilines is 1. The van der Waals surface area contributed by atoms with Gasteiger partial charge in [-0.1, -0.05) is 19.1 Å². The first-order valence-corrected chi connectivity index (χ1v) is 7.42. The zero-order valence-electron chi connectivity index (χ0n) is 13.1. The number of rotatable bonds is 9. The van der Waals surface area contributed by atoms with Crippen LogP contribution in [0.2, 0.25) is 0 Å². The third-order valence-corrected chi connectivity index (χ3v) is 3.34. The van der Waals surface area contributed by atoms with E-state index in [-0.39, 0.29) is 11.9 Å². The van der Waals surface area contributed by atoms with Crippen molar-refractivity contribution in [2.24, 2.45) is 0 Å². The molecule has 4 heteroatoms. The number of halogens is 1. The van der Waals surface area contributed by atoms with E-state index < -0.39 is 0 Å². The Bertz CT molecular complexity index is 398. The van der Waals surface area contributed by atoms with Gasteiger partial charge in [0.1, 0.15) is 5.82 Å². The minimum absolute atomic E-state index is 0.134. The van der Waals surface area contributed by atoms with Crippen LogP contribution in [0.15, 0.2) is 18.2 Å². The van der Waals surface area contributed by atoms with Gasteiger partial charge in [-0.2, -0.15) is 0 Å². The van der Waals surface area contributed by atoms with Gasteiger partial charge < -0.3 is 15.0 Å². The number of nitrogens with one attached hydrogen (secondary N) is 1. The Morgan fingerprint density at radius 3 is 2.75 bits per heavy atom. The zero-order valence-corrected chi connectivity index (χ0v) is 13.1. The van der Waals surface area contributed by atoms with Crippen LogP contribution in [0.5, 0.6) is 0 Å². The second kappa shape index (κ2) is 8.93. The Morgan fingerprint density at radius 2 is 2.10 bits per heavy atom. The first-order valence-electron chi connectivity index (χ1n) is 7.42. The minimum Gasteiger partial charge on any atom is -0.380 e. The van der Waals surface area contributed by atoms with Gasteiger partial charge in [-0.15, -0.1) is 0 Å². The third-order valence-electron chi connectivity index (χ3n) is 3.34. The van der Waals surface area contributed by atoms with Crippen molar-refractivity contribution in [2.45, 2.75) is 33.2 Å². The van der Waals surface area contributed by atoms with E-state index in [1.54, 1.807) is 6.07 Å². The summed E-state index contributed by atoms with van der Waals surface area (Å²) in [6, 6.07) is 5.41. The van der Waals surface area contributed by atoms with Gasteiger partial charge in [-0.25, -0.2) is 4.39 Å². The van der Waals surface area contributed by atoms with E-state index in [1.165, 1.54) is 6.07 Å². The van der Waals surface area contributed by atoms with E-state index >= 15 is 0 Å². The largest absolute Gasteiger partial charge is 0.380 e. The van der Waals surface area contributed by atoms with E-state index in [4.69, 9.17) is 4.74 Å². The molecule has 20 heavy (non-hydrogen) atoms. The number of hydrogen-bond acceptors (Lipinski definition) is 3. The second-order valence-corrected chi connectivity index (χ2v) is 4.97. The Kier molecular flexibility index (Phi) is 7.55. The highest BCUT2D eigenvalue weighted by molar-refractivity contribution is 5.55. The molecule has 114 valence electrons. The molecule has 0 radical (unpaired) electrons. The lowest BCUT2D eigenvalue weighted by Crippen LogP contribution is -2.27. The van der Waals surface area contributed by atoms with E-state index in [9.17, 15) is 4.39 Å². The molecule has 0 heterocycles. The Labute approximate surface area is 122 Å². The molecule has 1 aromatic rings. The molecule has 0 spiro atoms. The van der Waals surface area contributed by atoms with Crippen LogP contribution < -0.4 is 10.2 Å². The monoisotopic (exact) mass is 282 g/mol. The molecule has 3 nitrogen and oxygen atoms in total. The molecular formula is C16H27FN2O. The molecule has 1 N–H and O–H groups in total. The van der Waals surface area contributed by atoms with Gasteiger partial charge in [0.2, 0.25) is 0 Å². The van der Waals surface area contributed by atoms with Gasteiger partial charge in [-0.05, 0) is 38.4 Å². The minimum atomic E-state index is -0.174. The van der Waals surface area contributed by atoms with Crippen molar-refractivity contribution in [2.75, 3.05) is 38.3 Å². The molecule has 0 amide bonds. The quantitative estimate of drug-likeness (QED) is 0.703. The topological polar surface area (TPSA) is 24.5 Å². The van der Waals surface area contributed by atoms with E-state index in [1.807, 2.05) is 24.9 Å². The molecule has 0 aromatic heterocycles. The molecule has 1 aromatic carbocycles. The number of nitrogens with zero attached hydrogens (tertiary/aromatic N) is 1. The molecule has 1 atom stereocenters. The second-order valence-electron chi connectivity index (χ2n) is 4.97. The van der Waals surface area contributed by atoms with Crippen molar-refractivity contribution in [3.05, 3.63) is 29.6 Å². The molecule has 0 fully saturated rings. The highest BCUT2D eigenvalue weighted by Gasteiger charge is 2.16. The van der Waals surface area contributed by atoms with Crippen LogP contribution in [0.4, 0.5) is 10.1 Å². The van der Waals surface area contributed by atoms with Crippen LogP contribution in [-0.2, 0) is 4.74 Å². The molecule has 0 saturated heterocycles. The first-order chi connectivity index (χ1) is 9.61. The van der Waals surface area contributed by atoms with Crippen molar-refractivity contribution in [1.29, 1.82) is 0 Å². The number of para-hydroxylation sites is 1. The summed E-state index contributed by atoms with van der Waals surface area (Å²) in [6.45, 7) is 9.07. The lowest BCUT2D eigenvalue weighted by molar-refractivity contribution is 0.154. The summed E-state index contributed by atoms with van der Waals surface area (Å²) in [6.07, 6.45) is 1.06. The summed E-state index contributed by atoms with van der Waals surface area (Å²) in [7, 11) is 1.91. The van der Waals surface area contributed by atoms with Crippen molar-refractivity contribution in [3.8, 4) is 0 Å². The van der Waals surface area contributed by atoms with Crippen molar-refractivity contribution in [1.82, 2.24) is 5.32 Å². The van der Waals surface area contributed by atoms with Gasteiger partial charge in [0.15, 0.2) is 0 Å². The first kappa shape index (κ1) is 16.9. The molecule has 0 aliphatic heterocycles. The van der Waals surface area contributed by atoms with Gasteiger partial charge in [0.05, 0.1) is 12.3 Å². The average Bonchev–Trinajstić information content (AvgIpc) is 2.44. The summed E-state index contributed by atoms with van der Waals surface area (Å²) >= 11 is 0. The van der Waals surface area contributed by atoms with Crippen LogP contribution in [0, 0.1) is 5.82 Å². The predicted octanol–water partition coefficient (Wildman–Crippen LogP) is 3.36. The number of benzene rings is 1. The lowest BCUT2D eigenvalue weighted by Gasteiger charge is -2.26. The Morgan fingerprint density at radius 1 is 1.35 bits per heavy atom. The third kappa shape index (κ3) is 4.76. The molecule has 0 aliphatic carbocycles. The number of ether oxygens (including phenoxy) is 1. The standard InChI is InChI=1S/C16H27FN2O/c1-5-10-18-13(3)14-8-7-9-15(17)16(14)19(4)11-12-20-6-2/h7-9,13,18H,5-6,10-12H2,1-4H3. The fourth-order valence-electron chi connectivity index (χ4n) is 2.21. The summed E-state index contributed by atoms with van der Waals surface area (Å²) in [5, 5.41) is 3.41. The van der Waals surface area contributed by atoms with Gasteiger partial charge >= 0.3 is 0 Å². The van der Waals surface area contributed by atoms with Crippen molar-refractivity contribution >= 4 is 5.69 Å². The zero-order chi connectivity index (χ0) is 15.0. The molecule has 0 saturated carbocycles. The Balaban J connectivity index is 2.86. The normalized spacial score (nSPS) is 12.4. The smallest absolute Gasteiger partial charge is 0.146 e. The highest BCUT2D eigenvalue weighted by atomic mass is 19.1. The van der Waals surface area contributed by atoms with Crippen molar-refractivity contribution < 1.29 is 9.13 Å². The molecule has 0 bridgehead atoms. The summed E-state index contributed by atoms with van der Waals surface area (Å²) in [5.74, 6) is -0.174. The maximum atomic E-state index is 14.2. The van der Waals surface area contributed by atoms with E-state index in [0.717, 1.165) is 18.5 Å². The summed E-state index contributed by atoms with van der Waals surface area (Å²) < 4.78 is 19.5. The van der Waals surface area contributed by atoms with Gasteiger partial charge in [0.25, 0.3) is 0 Å². The van der Waals surface area contributed by atoms with Crippen LogP contribution >= 0.6 is 0 Å². The lowest BCUT2D eigenvalue weighted by atomic mass is 10.0. The summed E-state index contributed by atoms with van der Waals surface area (Å²) in [4.78, 5) is 1.93.